The molecule has 1 amide bonds. The number of hydrogen-bond donors (Lipinski definition) is 0. The van der Waals surface area contributed by atoms with Gasteiger partial charge >= 0.3 is 5.97 Å². The lowest BCUT2D eigenvalue weighted by molar-refractivity contribution is -0.151. The average molecular weight is 289 g/mol. The number of methoxy groups -OCH3 is 1. The summed E-state index contributed by atoms with van der Waals surface area (Å²) < 4.78 is 4.87. The maximum atomic E-state index is 12.3. The van der Waals surface area contributed by atoms with Gasteiger partial charge in [0.15, 0.2) is 0 Å². The lowest BCUT2D eigenvalue weighted by Crippen LogP contribution is -2.42. The van der Waals surface area contributed by atoms with Gasteiger partial charge < -0.3 is 9.64 Å². The number of amides is 1. The monoisotopic (exact) mass is 289 g/mol. The molecule has 1 aliphatic heterocycles. The first-order chi connectivity index (χ1) is 10.0. The first-order valence-corrected chi connectivity index (χ1v) is 7.48. The van der Waals surface area contributed by atoms with Crippen LogP contribution in [0.2, 0.25) is 0 Å². The Morgan fingerprint density at radius 2 is 2.00 bits per heavy atom. The molecule has 1 aromatic rings. The summed E-state index contributed by atoms with van der Waals surface area (Å²) in [4.78, 5) is 26.0. The molecule has 0 aromatic heterocycles. The molecule has 1 fully saturated rings. The molecule has 2 rings (SSSR count). The average Bonchev–Trinajstić information content (AvgIpc) is 2.86. The topological polar surface area (TPSA) is 46.6 Å². The molecule has 114 valence electrons. The van der Waals surface area contributed by atoms with Gasteiger partial charge in [-0.2, -0.15) is 0 Å². The van der Waals surface area contributed by atoms with Crippen molar-refractivity contribution < 1.29 is 14.3 Å². The third-order valence-electron chi connectivity index (χ3n) is 3.94. The van der Waals surface area contributed by atoms with Crippen molar-refractivity contribution in [2.24, 2.45) is 5.92 Å². The lowest BCUT2D eigenvalue weighted by Gasteiger charge is -2.33. The summed E-state index contributed by atoms with van der Waals surface area (Å²) in [5, 5.41) is 0. The molecule has 2 unspecified atom stereocenters. The lowest BCUT2D eigenvalue weighted by atomic mass is 9.95. The van der Waals surface area contributed by atoms with E-state index in [1.165, 1.54) is 7.11 Å². The molecule has 0 bridgehead atoms. The van der Waals surface area contributed by atoms with E-state index in [9.17, 15) is 9.59 Å². The second-order valence-corrected chi connectivity index (χ2v) is 5.93. The maximum Gasteiger partial charge on any atom is 0.328 e. The van der Waals surface area contributed by atoms with Crippen LogP contribution in [0.25, 0.3) is 0 Å². The summed E-state index contributed by atoms with van der Waals surface area (Å²) in [5.41, 5.74) is 1.08. The third kappa shape index (κ3) is 3.43. The number of ether oxygens (including phenoxy) is 1. The highest BCUT2D eigenvalue weighted by Crippen LogP contribution is 2.35. The Morgan fingerprint density at radius 1 is 1.33 bits per heavy atom. The van der Waals surface area contributed by atoms with E-state index in [1.807, 2.05) is 30.3 Å². The Kier molecular flexibility index (Phi) is 4.99. The van der Waals surface area contributed by atoms with Gasteiger partial charge in [-0.15, -0.1) is 0 Å². The van der Waals surface area contributed by atoms with E-state index in [2.05, 4.69) is 13.8 Å². The second-order valence-electron chi connectivity index (χ2n) is 5.93. The summed E-state index contributed by atoms with van der Waals surface area (Å²) in [6, 6.07) is 9.42. The Morgan fingerprint density at radius 3 is 2.57 bits per heavy atom. The third-order valence-corrected chi connectivity index (χ3v) is 3.94. The van der Waals surface area contributed by atoms with Crippen LogP contribution in [0.1, 0.15) is 44.7 Å². The van der Waals surface area contributed by atoms with Crippen molar-refractivity contribution in [1.82, 2.24) is 4.90 Å². The van der Waals surface area contributed by atoms with E-state index < -0.39 is 6.04 Å². The van der Waals surface area contributed by atoms with E-state index in [-0.39, 0.29) is 17.9 Å². The number of esters is 1. The minimum atomic E-state index is -0.452. The number of benzene rings is 1. The highest BCUT2D eigenvalue weighted by Gasteiger charge is 2.41. The van der Waals surface area contributed by atoms with Crippen molar-refractivity contribution in [3.63, 3.8) is 0 Å². The van der Waals surface area contributed by atoms with Crippen LogP contribution in [0.3, 0.4) is 0 Å². The summed E-state index contributed by atoms with van der Waals surface area (Å²) in [7, 11) is 1.38. The second kappa shape index (κ2) is 6.74. The minimum Gasteiger partial charge on any atom is -0.467 e. The van der Waals surface area contributed by atoms with Crippen LogP contribution in [-0.2, 0) is 14.3 Å². The van der Waals surface area contributed by atoms with E-state index in [0.29, 0.717) is 18.8 Å². The van der Waals surface area contributed by atoms with Gasteiger partial charge in [0.05, 0.1) is 13.2 Å². The fourth-order valence-corrected chi connectivity index (χ4v) is 2.99. The van der Waals surface area contributed by atoms with Gasteiger partial charge in [-0.1, -0.05) is 44.2 Å². The number of rotatable bonds is 5. The predicted octanol–water partition coefficient (Wildman–Crippen LogP) is 2.94. The molecule has 1 heterocycles. The molecule has 1 saturated heterocycles. The standard InChI is InChI=1S/C17H23NO3/c1-12(2)11-15(13-7-5-4-6-8-13)18-14(17(20)21-3)9-10-16(18)19/h4-8,12,14-15H,9-11H2,1-3H3. The largest absolute Gasteiger partial charge is 0.467 e. The number of carbonyl (C=O) groups is 2. The highest BCUT2D eigenvalue weighted by atomic mass is 16.5. The summed E-state index contributed by atoms with van der Waals surface area (Å²) in [6.07, 6.45) is 1.80. The van der Waals surface area contributed by atoms with E-state index in [1.54, 1.807) is 4.90 Å². The van der Waals surface area contributed by atoms with Crippen molar-refractivity contribution >= 4 is 11.9 Å². The maximum absolute atomic E-state index is 12.3. The van der Waals surface area contributed by atoms with Crippen LogP contribution in [-0.4, -0.2) is 29.9 Å². The predicted molar refractivity (Wildman–Crippen MR) is 80.5 cm³/mol. The Labute approximate surface area is 126 Å². The van der Waals surface area contributed by atoms with Gasteiger partial charge in [-0.25, -0.2) is 4.79 Å². The quantitative estimate of drug-likeness (QED) is 0.783. The molecular weight excluding hydrogens is 266 g/mol. The minimum absolute atomic E-state index is 0.0416. The molecule has 0 N–H and O–H groups in total. The van der Waals surface area contributed by atoms with Crippen LogP contribution >= 0.6 is 0 Å². The molecule has 0 saturated carbocycles. The smallest absolute Gasteiger partial charge is 0.328 e. The molecule has 2 atom stereocenters. The Hall–Kier alpha value is -1.84. The van der Waals surface area contributed by atoms with Gasteiger partial charge in [0.2, 0.25) is 5.91 Å². The molecule has 1 aromatic carbocycles. The van der Waals surface area contributed by atoms with Crippen LogP contribution in [0.15, 0.2) is 30.3 Å². The van der Waals surface area contributed by atoms with E-state index in [0.717, 1.165) is 12.0 Å². The zero-order valence-corrected chi connectivity index (χ0v) is 12.9. The van der Waals surface area contributed by atoms with Gasteiger partial charge in [0.1, 0.15) is 6.04 Å². The zero-order valence-electron chi connectivity index (χ0n) is 12.9. The molecule has 0 aliphatic carbocycles. The first kappa shape index (κ1) is 15.5. The summed E-state index contributed by atoms with van der Waals surface area (Å²) >= 11 is 0. The van der Waals surface area contributed by atoms with Crippen molar-refractivity contribution in [3.8, 4) is 0 Å². The fourth-order valence-electron chi connectivity index (χ4n) is 2.99. The zero-order chi connectivity index (χ0) is 15.4. The van der Waals surface area contributed by atoms with Crippen LogP contribution in [0.4, 0.5) is 0 Å². The van der Waals surface area contributed by atoms with Gasteiger partial charge in [0, 0.05) is 6.42 Å². The van der Waals surface area contributed by atoms with Gasteiger partial charge in [0.25, 0.3) is 0 Å². The molecular formula is C17H23NO3. The van der Waals surface area contributed by atoms with Crippen molar-refractivity contribution in [3.05, 3.63) is 35.9 Å². The van der Waals surface area contributed by atoms with Crippen molar-refractivity contribution in [2.75, 3.05) is 7.11 Å². The van der Waals surface area contributed by atoms with E-state index >= 15 is 0 Å². The number of carbonyl (C=O) groups excluding carboxylic acids is 2. The molecule has 4 nitrogen and oxygen atoms in total. The first-order valence-electron chi connectivity index (χ1n) is 7.48. The summed E-state index contributed by atoms with van der Waals surface area (Å²) in [5.74, 6) is 0.160. The molecule has 21 heavy (non-hydrogen) atoms. The van der Waals surface area contributed by atoms with Gasteiger partial charge in [-0.05, 0) is 24.3 Å². The van der Waals surface area contributed by atoms with Crippen molar-refractivity contribution in [1.29, 1.82) is 0 Å². The van der Waals surface area contributed by atoms with Crippen LogP contribution in [0.5, 0.6) is 0 Å². The Balaban J connectivity index is 2.34. The number of hydrogen-bond acceptors (Lipinski definition) is 3. The summed E-state index contributed by atoms with van der Waals surface area (Å²) in [6.45, 7) is 4.26. The van der Waals surface area contributed by atoms with Crippen LogP contribution < -0.4 is 0 Å². The van der Waals surface area contributed by atoms with Crippen molar-refractivity contribution in [2.45, 2.75) is 45.2 Å². The van der Waals surface area contributed by atoms with E-state index in [4.69, 9.17) is 4.74 Å². The number of nitrogens with zero attached hydrogens (tertiary/aromatic N) is 1. The SMILES string of the molecule is COC(=O)C1CCC(=O)N1C(CC(C)C)c1ccccc1. The van der Waals surface area contributed by atoms with Crippen LogP contribution in [0, 0.1) is 5.92 Å². The Bertz CT molecular complexity index is 498. The molecule has 1 aliphatic rings. The molecule has 0 spiro atoms. The fraction of sp³-hybridized carbons (Fsp3) is 0.529. The van der Waals surface area contributed by atoms with Gasteiger partial charge in [-0.3, -0.25) is 4.79 Å². The normalized spacial score (nSPS) is 19.9. The molecule has 4 heteroatoms. The number of likely N-dealkylation sites (tertiary alicyclic amines) is 1. The highest BCUT2D eigenvalue weighted by molar-refractivity contribution is 5.88. The molecule has 0 radical (unpaired) electrons.